The monoisotopic (exact) mass is 459 g/mol. The highest BCUT2D eigenvalue weighted by atomic mass is 16.2. The topological polar surface area (TPSA) is 55.2 Å². The third-order valence-corrected chi connectivity index (χ3v) is 7.04. The molecular formula is C29H37N3O2. The van der Waals surface area contributed by atoms with Crippen molar-refractivity contribution < 1.29 is 4.79 Å². The molecule has 4 rings (SSSR count). The molecule has 0 spiro atoms. The fraction of sp³-hybridized carbons (Fsp3) is 0.483. The molecule has 0 N–H and O–H groups in total. The van der Waals surface area contributed by atoms with Gasteiger partial charge in [0.15, 0.2) is 0 Å². The molecule has 0 radical (unpaired) electrons. The SMILES string of the molecule is CCc1ccc(-n2c(C(C)N(CC(C)C)C(=O)C3CCCCC3)nc3ccccc3c2=O)cc1. The van der Waals surface area contributed by atoms with Gasteiger partial charge in [0.25, 0.3) is 5.56 Å². The predicted molar refractivity (Wildman–Crippen MR) is 138 cm³/mol. The molecule has 0 saturated heterocycles. The van der Waals surface area contributed by atoms with Crippen LogP contribution in [0.5, 0.6) is 0 Å². The Kier molecular flexibility index (Phi) is 7.50. The van der Waals surface area contributed by atoms with Gasteiger partial charge < -0.3 is 4.90 Å². The van der Waals surface area contributed by atoms with Gasteiger partial charge in [-0.25, -0.2) is 4.98 Å². The van der Waals surface area contributed by atoms with E-state index >= 15 is 0 Å². The molecule has 180 valence electrons. The maximum atomic E-state index is 13.7. The first-order chi connectivity index (χ1) is 16.4. The van der Waals surface area contributed by atoms with Crippen molar-refractivity contribution >= 4 is 16.8 Å². The van der Waals surface area contributed by atoms with Gasteiger partial charge in [-0.2, -0.15) is 0 Å². The lowest BCUT2D eigenvalue weighted by molar-refractivity contribution is -0.139. The number of amides is 1. The summed E-state index contributed by atoms with van der Waals surface area (Å²) in [5, 5.41) is 0.590. The van der Waals surface area contributed by atoms with Crippen molar-refractivity contribution in [1.82, 2.24) is 14.5 Å². The minimum absolute atomic E-state index is 0.0689. The number of nitrogens with zero attached hydrogens (tertiary/aromatic N) is 3. The van der Waals surface area contributed by atoms with Crippen LogP contribution in [0, 0.1) is 11.8 Å². The number of aromatic nitrogens is 2. The van der Waals surface area contributed by atoms with Gasteiger partial charge in [0.05, 0.1) is 22.6 Å². The zero-order chi connectivity index (χ0) is 24.2. The van der Waals surface area contributed by atoms with Crippen molar-refractivity contribution in [3.8, 4) is 5.69 Å². The molecule has 1 unspecified atom stereocenters. The first-order valence-corrected chi connectivity index (χ1v) is 12.8. The fourth-order valence-electron chi connectivity index (χ4n) is 5.12. The van der Waals surface area contributed by atoms with Gasteiger partial charge >= 0.3 is 0 Å². The number of benzene rings is 2. The van der Waals surface area contributed by atoms with E-state index in [1.165, 1.54) is 12.0 Å². The average Bonchev–Trinajstić information content (AvgIpc) is 2.87. The third-order valence-electron chi connectivity index (χ3n) is 7.04. The summed E-state index contributed by atoms with van der Waals surface area (Å²) in [6.45, 7) is 9.06. The number of hydrogen-bond donors (Lipinski definition) is 0. The largest absolute Gasteiger partial charge is 0.332 e. The van der Waals surface area contributed by atoms with E-state index in [2.05, 4.69) is 32.9 Å². The second-order valence-corrected chi connectivity index (χ2v) is 10.0. The molecule has 0 bridgehead atoms. The smallest absolute Gasteiger partial charge is 0.266 e. The number of aryl methyl sites for hydroxylation is 1. The Balaban J connectivity index is 1.85. The quantitative estimate of drug-likeness (QED) is 0.431. The zero-order valence-electron chi connectivity index (χ0n) is 21.0. The second-order valence-electron chi connectivity index (χ2n) is 10.0. The summed E-state index contributed by atoms with van der Waals surface area (Å²) in [5.74, 6) is 1.22. The summed E-state index contributed by atoms with van der Waals surface area (Å²) in [4.78, 5) is 34.4. The van der Waals surface area contributed by atoms with Crippen LogP contribution in [0.2, 0.25) is 0 Å². The first kappa shape index (κ1) is 24.2. The van der Waals surface area contributed by atoms with Gasteiger partial charge in [-0.05, 0) is 61.9 Å². The Morgan fingerprint density at radius 2 is 1.71 bits per heavy atom. The number of para-hydroxylation sites is 1. The molecule has 3 aromatic rings. The van der Waals surface area contributed by atoms with E-state index in [0.717, 1.165) is 37.8 Å². The number of fused-ring (bicyclic) bond motifs is 1. The van der Waals surface area contributed by atoms with Gasteiger partial charge in [-0.3, -0.25) is 14.2 Å². The van der Waals surface area contributed by atoms with Crippen LogP contribution in [-0.2, 0) is 11.2 Å². The van der Waals surface area contributed by atoms with Crippen molar-refractivity contribution in [3.63, 3.8) is 0 Å². The van der Waals surface area contributed by atoms with Crippen molar-refractivity contribution in [1.29, 1.82) is 0 Å². The van der Waals surface area contributed by atoms with Crippen LogP contribution < -0.4 is 5.56 Å². The Morgan fingerprint density at radius 3 is 2.35 bits per heavy atom. The Labute approximate surface area is 202 Å². The van der Waals surface area contributed by atoms with Crippen molar-refractivity contribution in [2.45, 2.75) is 72.3 Å². The maximum Gasteiger partial charge on any atom is 0.266 e. The van der Waals surface area contributed by atoms with Crippen LogP contribution in [0.15, 0.2) is 53.3 Å². The molecule has 1 saturated carbocycles. The van der Waals surface area contributed by atoms with E-state index < -0.39 is 0 Å². The van der Waals surface area contributed by atoms with Crippen LogP contribution in [-0.4, -0.2) is 26.9 Å². The van der Waals surface area contributed by atoms with Crippen LogP contribution in [0.3, 0.4) is 0 Å². The van der Waals surface area contributed by atoms with Gasteiger partial charge in [0.1, 0.15) is 5.82 Å². The van der Waals surface area contributed by atoms with Crippen molar-refractivity contribution in [2.24, 2.45) is 11.8 Å². The number of carbonyl (C=O) groups is 1. The number of carbonyl (C=O) groups excluding carboxylic acids is 1. The molecule has 0 aliphatic heterocycles. The molecule has 1 amide bonds. The summed E-state index contributed by atoms with van der Waals surface area (Å²) in [6, 6.07) is 15.3. The molecule has 5 heteroatoms. The Bertz CT molecular complexity index is 1190. The summed E-state index contributed by atoms with van der Waals surface area (Å²) in [6.07, 6.45) is 6.29. The number of hydrogen-bond acceptors (Lipinski definition) is 3. The molecule has 1 fully saturated rings. The molecule has 1 atom stereocenters. The minimum atomic E-state index is -0.319. The van der Waals surface area contributed by atoms with Gasteiger partial charge in [-0.15, -0.1) is 0 Å². The van der Waals surface area contributed by atoms with E-state index in [4.69, 9.17) is 4.98 Å². The molecular weight excluding hydrogens is 422 g/mol. The van der Waals surface area contributed by atoms with Crippen LogP contribution in [0.25, 0.3) is 16.6 Å². The van der Waals surface area contributed by atoms with E-state index in [9.17, 15) is 9.59 Å². The lowest BCUT2D eigenvalue weighted by Crippen LogP contribution is -2.42. The summed E-state index contributed by atoms with van der Waals surface area (Å²) < 4.78 is 1.72. The van der Waals surface area contributed by atoms with Crippen LogP contribution in [0.1, 0.15) is 77.2 Å². The van der Waals surface area contributed by atoms with Crippen LogP contribution >= 0.6 is 0 Å². The van der Waals surface area contributed by atoms with Gasteiger partial charge in [0, 0.05) is 12.5 Å². The molecule has 1 aliphatic rings. The normalized spacial score (nSPS) is 15.6. The van der Waals surface area contributed by atoms with Gasteiger partial charge in [0.2, 0.25) is 5.91 Å². The van der Waals surface area contributed by atoms with Gasteiger partial charge in [-0.1, -0.05) is 64.3 Å². The van der Waals surface area contributed by atoms with E-state index in [1.54, 1.807) is 4.57 Å². The summed E-state index contributed by atoms with van der Waals surface area (Å²) in [7, 11) is 0. The highest BCUT2D eigenvalue weighted by Gasteiger charge is 2.32. The standard InChI is InChI=1S/C29H37N3O2/c1-5-22-15-17-24(18-16-22)32-27(30-26-14-10-9-13-25(26)29(32)34)21(4)31(19-20(2)3)28(33)23-11-7-6-8-12-23/h9-10,13-18,20-21,23H,5-8,11-12,19H2,1-4H3. The van der Waals surface area contributed by atoms with Crippen molar-refractivity contribution in [2.75, 3.05) is 6.54 Å². The van der Waals surface area contributed by atoms with E-state index in [-0.39, 0.29) is 23.4 Å². The summed E-state index contributed by atoms with van der Waals surface area (Å²) >= 11 is 0. The zero-order valence-corrected chi connectivity index (χ0v) is 21.0. The second kappa shape index (κ2) is 10.5. The highest BCUT2D eigenvalue weighted by Crippen LogP contribution is 2.30. The molecule has 5 nitrogen and oxygen atoms in total. The molecule has 1 heterocycles. The molecule has 1 aliphatic carbocycles. The Morgan fingerprint density at radius 1 is 1.03 bits per heavy atom. The fourth-order valence-corrected chi connectivity index (χ4v) is 5.12. The van der Waals surface area contributed by atoms with Crippen LogP contribution in [0.4, 0.5) is 0 Å². The highest BCUT2D eigenvalue weighted by molar-refractivity contribution is 5.80. The van der Waals surface area contributed by atoms with Crippen molar-refractivity contribution in [3.05, 3.63) is 70.3 Å². The van der Waals surface area contributed by atoms with E-state index in [1.807, 2.05) is 48.2 Å². The lowest BCUT2D eigenvalue weighted by Gasteiger charge is -2.35. The molecule has 2 aromatic carbocycles. The maximum absolute atomic E-state index is 13.7. The Hall–Kier alpha value is -2.95. The third kappa shape index (κ3) is 4.94. The minimum Gasteiger partial charge on any atom is -0.332 e. The summed E-state index contributed by atoms with van der Waals surface area (Å²) in [5.41, 5.74) is 2.59. The molecule has 34 heavy (non-hydrogen) atoms. The molecule has 1 aromatic heterocycles. The lowest BCUT2D eigenvalue weighted by atomic mass is 9.87. The van der Waals surface area contributed by atoms with E-state index in [0.29, 0.717) is 29.2 Å². The number of rotatable bonds is 7. The first-order valence-electron chi connectivity index (χ1n) is 12.8. The predicted octanol–water partition coefficient (Wildman–Crippen LogP) is 6.07. The average molecular weight is 460 g/mol.